The molecule has 2 aromatic heterocycles. The van der Waals surface area contributed by atoms with Crippen LogP contribution < -0.4 is 10.1 Å². The molecule has 1 aliphatic rings. The van der Waals surface area contributed by atoms with Gasteiger partial charge in [0.05, 0.1) is 10.9 Å². The Kier molecular flexibility index (Phi) is 6.19. The fraction of sp³-hybridized carbons (Fsp3) is 0.269. The van der Waals surface area contributed by atoms with Crippen LogP contribution in [0.25, 0.3) is 21.6 Å². The van der Waals surface area contributed by atoms with Crippen LogP contribution in [0.3, 0.4) is 0 Å². The number of rotatable bonds is 5. The minimum Gasteiger partial charge on any atom is -0.467 e. The Labute approximate surface area is 204 Å². The number of aryl methyl sites for hydroxylation is 3. The maximum atomic E-state index is 13.0. The number of hydrogen-bond acceptors (Lipinski definition) is 5. The lowest BCUT2D eigenvalue weighted by Gasteiger charge is -2.13. The van der Waals surface area contributed by atoms with Gasteiger partial charge < -0.3 is 10.1 Å². The maximum absolute atomic E-state index is 13.0. The van der Waals surface area contributed by atoms with Crippen molar-refractivity contribution in [2.24, 2.45) is 0 Å². The fourth-order valence-electron chi connectivity index (χ4n) is 4.16. The van der Waals surface area contributed by atoms with Gasteiger partial charge in [-0.2, -0.15) is 18.2 Å². The molecule has 1 aliphatic carbocycles. The Bertz CT molecular complexity index is 1400. The minimum absolute atomic E-state index is 0.0505. The summed E-state index contributed by atoms with van der Waals surface area (Å²) in [7, 11) is 0. The Morgan fingerprint density at radius 3 is 2.63 bits per heavy atom. The van der Waals surface area contributed by atoms with Gasteiger partial charge in [-0.3, -0.25) is 4.79 Å². The van der Waals surface area contributed by atoms with E-state index in [0.29, 0.717) is 11.7 Å². The standard InChI is InChI=1S/C26H22F3N3O2S/c1-15-9-11-16(12-10-15)23-31-24(22-19-7-2-3-8-20(19)35-25(22)32-23)34-14-21(33)30-18-6-4-5-17(13-18)26(27,28)29/h4-6,9-13H,2-3,7-8,14H2,1H3,(H,30,33). The van der Waals surface area contributed by atoms with Crippen molar-refractivity contribution < 1.29 is 22.7 Å². The van der Waals surface area contributed by atoms with E-state index >= 15 is 0 Å². The van der Waals surface area contributed by atoms with Gasteiger partial charge >= 0.3 is 6.18 Å². The molecule has 2 aromatic carbocycles. The first-order valence-corrected chi connectivity index (χ1v) is 12.1. The number of nitrogens with one attached hydrogen (secondary N) is 1. The molecule has 0 saturated carbocycles. The summed E-state index contributed by atoms with van der Waals surface area (Å²) >= 11 is 1.63. The smallest absolute Gasteiger partial charge is 0.416 e. The zero-order valence-electron chi connectivity index (χ0n) is 18.9. The van der Waals surface area contributed by atoms with E-state index in [9.17, 15) is 18.0 Å². The van der Waals surface area contributed by atoms with E-state index < -0.39 is 17.6 Å². The Balaban J connectivity index is 1.43. The molecule has 0 atom stereocenters. The lowest BCUT2D eigenvalue weighted by Crippen LogP contribution is -2.21. The molecule has 0 radical (unpaired) electrons. The topological polar surface area (TPSA) is 64.1 Å². The summed E-state index contributed by atoms with van der Waals surface area (Å²) in [6, 6.07) is 12.3. The third-order valence-corrected chi connectivity index (χ3v) is 7.09. The number of carbonyl (C=O) groups excluding carboxylic acids is 1. The minimum atomic E-state index is -4.49. The molecule has 1 N–H and O–H groups in total. The van der Waals surface area contributed by atoms with Crippen molar-refractivity contribution in [3.05, 3.63) is 70.1 Å². The van der Waals surface area contributed by atoms with Gasteiger partial charge in [-0.1, -0.05) is 35.9 Å². The summed E-state index contributed by atoms with van der Waals surface area (Å²) in [5.41, 5.74) is 2.34. The molecule has 9 heteroatoms. The molecule has 2 heterocycles. The van der Waals surface area contributed by atoms with Crippen LogP contribution in [0.15, 0.2) is 48.5 Å². The van der Waals surface area contributed by atoms with Gasteiger partial charge in [0.2, 0.25) is 5.88 Å². The van der Waals surface area contributed by atoms with Crippen molar-refractivity contribution in [2.75, 3.05) is 11.9 Å². The first kappa shape index (κ1) is 23.3. The largest absolute Gasteiger partial charge is 0.467 e. The van der Waals surface area contributed by atoms with E-state index in [-0.39, 0.29) is 12.3 Å². The summed E-state index contributed by atoms with van der Waals surface area (Å²) in [5.74, 6) is 0.255. The number of benzene rings is 2. The summed E-state index contributed by atoms with van der Waals surface area (Å²) in [5, 5.41) is 3.30. The highest BCUT2D eigenvalue weighted by molar-refractivity contribution is 7.18. The molecule has 0 fully saturated rings. The van der Waals surface area contributed by atoms with Crippen LogP contribution in [0.4, 0.5) is 18.9 Å². The van der Waals surface area contributed by atoms with E-state index in [4.69, 9.17) is 9.72 Å². The number of alkyl halides is 3. The molecule has 35 heavy (non-hydrogen) atoms. The van der Waals surface area contributed by atoms with Crippen LogP contribution >= 0.6 is 11.3 Å². The number of anilines is 1. The second-order valence-corrected chi connectivity index (χ2v) is 9.61. The quantitative estimate of drug-likeness (QED) is 0.338. The van der Waals surface area contributed by atoms with E-state index in [1.807, 2.05) is 31.2 Å². The van der Waals surface area contributed by atoms with E-state index in [1.54, 1.807) is 11.3 Å². The van der Waals surface area contributed by atoms with Crippen molar-refractivity contribution >= 4 is 33.1 Å². The third kappa shape index (κ3) is 5.00. The zero-order valence-corrected chi connectivity index (χ0v) is 19.7. The molecule has 180 valence electrons. The Morgan fingerprint density at radius 2 is 1.86 bits per heavy atom. The van der Waals surface area contributed by atoms with Crippen molar-refractivity contribution in [1.29, 1.82) is 0 Å². The molecule has 0 bridgehead atoms. The lowest BCUT2D eigenvalue weighted by molar-refractivity contribution is -0.137. The summed E-state index contributed by atoms with van der Waals surface area (Å²) in [6.45, 7) is 1.61. The summed E-state index contributed by atoms with van der Waals surface area (Å²) < 4.78 is 44.8. The van der Waals surface area contributed by atoms with Crippen LogP contribution in [0.2, 0.25) is 0 Å². The Hall–Kier alpha value is -3.46. The van der Waals surface area contributed by atoms with Gasteiger partial charge in [-0.05, 0) is 56.4 Å². The first-order valence-electron chi connectivity index (χ1n) is 11.3. The predicted molar refractivity (Wildman–Crippen MR) is 130 cm³/mol. The monoisotopic (exact) mass is 497 g/mol. The number of halogens is 3. The molecule has 0 saturated heterocycles. The number of fused-ring (bicyclic) bond motifs is 3. The second-order valence-electron chi connectivity index (χ2n) is 8.52. The average Bonchev–Trinajstić information content (AvgIpc) is 3.21. The van der Waals surface area contributed by atoms with Gasteiger partial charge in [0, 0.05) is 16.1 Å². The molecular weight excluding hydrogens is 475 g/mol. The van der Waals surface area contributed by atoms with Crippen LogP contribution in [-0.4, -0.2) is 22.5 Å². The van der Waals surface area contributed by atoms with Crippen LogP contribution in [0.5, 0.6) is 5.88 Å². The molecule has 4 aromatic rings. The zero-order chi connectivity index (χ0) is 24.6. The van der Waals surface area contributed by atoms with E-state index in [1.165, 1.54) is 22.6 Å². The SMILES string of the molecule is Cc1ccc(-c2nc(OCC(=O)Nc3cccc(C(F)(F)F)c3)c3c4c(sc3n2)CCCC4)cc1. The number of nitrogens with zero attached hydrogens (tertiary/aromatic N) is 2. The fourth-order valence-corrected chi connectivity index (χ4v) is 5.42. The molecular formula is C26H22F3N3O2S. The predicted octanol–water partition coefficient (Wildman–Crippen LogP) is 6.58. The molecule has 5 nitrogen and oxygen atoms in total. The normalized spacial score (nSPS) is 13.5. The molecule has 0 spiro atoms. The molecule has 5 rings (SSSR count). The highest BCUT2D eigenvalue weighted by atomic mass is 32.1. The van der Waals surface area contributed by atoms with Gasteiger partial charge in [-0.25, -0.2) is 4.98 Å². The van der Waals surface area contributed by atoms with Gasteiger partial charge in [0.15, 0.2) is 12.4 Å². The number of hydrogen-bond donors (Lipinski definition) is 1. The molecule has 1 amide bonds. The van der Waals surface area contributed by atoms with Gasteiger partial charge in [-0.15, -0.1) is 11.3 Å². The Morgan fingerprint density at radius 1 is 1.09 bits per heavy atom. The average molecular weight is 498 g/mol. The van der Waals surface area contributed by atoms with Crippen LogP contribution in [-0.2, 0) is 23.8 Å². The number of ether oxygens (including phenoxy) is 1. The number of thiophene rings is 1. The number of amides is 1. The molecule has 0 unspecified atom stereocenters. The number of carbonyl (C=O) groups is 1. The lowest BCUT2D eigenvalue weighted by atomic mass is 9.97. The highest BCUT2D eigenvalue weighted by Gasteiger charge is 2.30. The third-order valence-electron chi connectivity index (χ3n) is 5.90. The van der Waals surface area contributed by atoms with E-state index in [2.05, 4.69) is 10.3 Å². The highest BCUT2D eigenvalue weighted by Crippen LogP contribution is 2.40. The van der Waals surface area contributed by atoms with Crippen molar-refractivity contribution in [2.45, 2.75) is 38.8 Å². The second kappa shape index (κ2) is 9.30. The van der Waals surface area contributed by atoms with Crippen molar-refractivity contribution in [1.82, 2.24) is 9.97 Å². The van der Waals surface area contributed by atoms with Crippen molar-refractivity contribution in [3.8, 4) is 17.3 Å². The molecule has 0 aliphatic heterocycles. The van der Waals surface area contributed by atoms with Crippen LogP contribution in [0, 0.1) is 6.92 Å². The van der Waals surface area contributed by atoms with Crippen LogP contribution in [0.1, 0.15) is 34.4 Å². The van der Waals surface area contributed by atoms with Crippen molar-refractivity contribution in [3.63, 3.8) is 0 Å². The maximum Gasteiger partial charge on any atom is 0.416 e. The van der Waals surface area contributed by atoms with Gasteiger partial charge in [0.25, 0.3) is 5.91 Å². The summed E-state index contributed by atoms with van der Waals surface area (Å²) in [4.78, 5) is 24.1. The van der Waals surface area contributed by atoms with Gasteiger partial charge in [0.1, 0.15) is 4.83 Å². The summed E-state index contributed by atoms with van der Waals surface area (Å²) in [6.07, 6.45) is -0.434. The number of aromatic nitrogens is 2. The van der Waals surface area contributed by atoms with E-state index in [0.717, 1.165) is 59.2 Å². The first-order chi connectivity index (χ1) is 16.8.